The van der Waals surface area contributed by atoms with Gasteiger partial charge in [-0.15, -0.1) is 6.58 Å². The largest absolute Gasteiger partial charge is 0.293 e. The van der Waals surface area contributed by atoms with Crippen molar-refractivity contribution in [3.63, 3.8) is 0 Å². The van der Waals surface area contributed by atoms with Crippen LogP contribution in [-0.2, 0) is 12.1 Å². The Kier molecular flexibility index (Phi) is 3.54. The normalized spacial score (nSPS) is 12.3. The van der Waals surface area contributed by atoms with E-state index >= 15 is 0 Å². The van der Waals surface area contributed by atoms with E-state index in [0.717, 1.165) is 11.1 Å². The van der Waals surface area contributed by atoms with E-state index in [1.54, 1.807) is 17.0 Å². The fourth-order valence-electron chi connectivity index (χ4n) is 2.27. The molecule has 0 amide bonds. The van der Waals surface area contributed by atoms with Gasteiger partial charge in [0.25, 0.3) is 5.56 Å². The number of rotatable bonds is 3. The van der Waals surface area contributed by atoms with Gasteiger partial charge in [0, 0.05) is 5.39 Å². The van der Waals surface area contributed by atoms with E-state index in [9.17, 15) is 4.79 Å². The second-order valence-corrected chi connectivity index (χ2v) is 6.31. The summed E-state index contributed by atoms with van der Waals surface area (Å²) in [5, 5.41) is 9.72. The Balaban J connectivity index is 2.91. The molecule has 5 nitrogen and oxygen atoms in total. The summed E-state index contributed by atoms with van der Waals surface area (Å²) in [4.78, 5) is 12.6. The topological polar surface area (TPSA) is 52.7 Å². The van der Waals surface area contributed by atoms with Crippen LogP contribution in [0.2, 0.25) is 0 Å². The first-order valence-corrected chi connectivity index (χ1v) is 6.87. The molecule has 0 saturated carbocycles. The molecule has 2 aromatic heterocycles. The quantitative estimate of drug-likeness (QED) is 0.809. The van der Waals surface area contributed by atoms with E-state index in [4.69, 9.17) is 0 Å². The number of aromatic nitrogens is 4. The average Bonchev–Trinajstić information content (AvgIpc) is 2.77. The van der Waals surface area contributed by atoms with Crippen LogP contribution in [0.1, 0.15) is 46.2 Å². The van der Waals surface area contributed by atoms with Gasteiger partial charge in [-0.25, -0.2) is 4.68 Å². The number of hydrogen-bond donors (Lipinski definition) is 0. The molecule has 0 atom stereocenters. The molecule has 0 radical (unpaired) electrons. The van der Waals surface area contributed by atoms with Crippen LogP contribution in [0.5, 0.6) is 0 Å². The second kappa shape index (κ2) is 4.89. The first kappa shape index (κ1) is 14.5. The van der Waals surface area contributed by atoms with Crippen LogP contribution < -0.4 is 5.56 Å². The van der Waals surface area contributed by atoms with Crippen molar-refractivity contribution in [2.75, 3.05) is 0 Å². The Morgan fingerprint density at radius 1 is 1.40 bits per heavy atom. The zero-order valence-electron chi connectivity index (χ0n) is 12.8. The van der Waals surface area contributed by atoms with Crippen molar-refractivity contribution < 1.29 is 0 Å². The van der Waals surface area contributed by atoms with Gasteiger partial charge >= 0.3 is 0 Å². The van der Waals surface area contributed by atoms with E-state index in [-0.39, 0.29) is 17.0 Å². The molecule has 0 N–H and O–H groups in total. The van der Waals surface area contributed by atoms with Gasteiger partial charge < -0.3 is 0 Å². The molecular formula is C15H22N4O. The third kappa shape index (κ3) is 2.28. The molecule has 20 heavy (non-hydrogen) atoms. The Bertz CT molecular complexity index is 701. The number of hydrogen-bond acceptors (Lipinski definition) is 3. The maximum Gasteiger partial charge on any atom is 0.293 e. The van der Waals surface area contributed by atoms with Gasteiger partial charge in [-0.05, 0) is 26.7 Å². The van der Waals surface area contributed by atoms with Gasteiger partial charge in [-0.1, -0.05) is 19.9 Å². The van der Waals surface area contributed by atoms with Crippen molar-refractivity contribution in [3.8, 4) is 0 Å². The Labute approximate surface area is 118 Å². The first-order chi connectivity index (χ1) is 9.27. The molecule has 0 aliphatic rings. The predicted molar refractivity (Wildman–Crippen MR) is 81.1 cm³/mol. The number of nitrogens with zero attached hydrogens (tertiary/aromatic N) is 4. The summed E-state index contributed by atoms with van der Waals surface area (Å²) >= 11 is 0. The van der Waals surface area contributed by atoms with Crippen molar-refractivity contribution in [1.29, 1.82) is 0 Å². The highest BCUT2D eigenvalue weighted by Crippen LogP contribution is 2.24. The Morgan fingerprint density at radius 2 is 2.05 bits per heavy atom. The van der Waals surface area contributed by atoms with Gasteiger partial charge in [0.05, 0.1) is 24.0 Å². The van der Waals surface area contributed by atoms with E-state index in [0.29, 0.717) is 12.1 Å². The summed E-state index contributed by atoms with van der Waals surface area (Å²) in [6.45, 7) is 14.3. The highest BCUT2D eigenvalue weighted by atomic mass is 16.1. The predicted octanol–water partition coefficient (Wildman–Crippen LogP) is 2.66. The minimum Gasteiger partial charge on any atom is -0.265 e. The Hall–Kier alpha value is -1.91. The van der Waals surface area contributed by atoms with Crippen molar-refractivity contribution in [3.05, 3.63) is 34.9 Å². The molecule has 0 bridgehead atoms. The molecular weight excluding hydrogens is 252 g/mol. The maximum atomic E-state index is 12.6. The Morgan fingerprint density at radius 3 is 2.55 bits per heavy atom. The molecule has 0 aliphatic heterocycles. The molecule has 0 aliphatic carbocycles. The van der Waals surface area contributed by atoms with Crippen LogP contribution >= 0.6 is 0 Å². The minimum atomic E-state index is -0.247. The lowest BCUT2D eigenvalue weighted by molar-refractivity contribution is 0.366. The second-order valence-electron chi connectivity index (χ2n) is 6.31. The van der Waals surface area contributed by atoms with Gasteiger partial charge in [-0.2, -0.15) is 10.2 Å². The molecule has 0 unspecified atom stereocenters. The third-order valence-corrected chi connectivity index (χ3v) is 3.19. The van der Waals surface area contributed by atoms with Crippen molar-refractivity contribution >= 4 is 10.9 Å². The molecule has 0 spiro atoms. The van der Waals surface area contributed by atoms with Gasteiger partial charge in [-0.3, -0.25) is 9.48 Å². The van der Waals surface area contributed by atoms with Crippen molar-refractivity contribution in [2.24, 2.45) is 0 Å². The third-order valence-electron chi connectivity index (χ3n) is 3.19. The van der Waals surface area contributed by atoms with Crippen LogP contribution in [0.3, 0.4) is 0 Å². The van der Waals surface area contributed by atoms with Gasteiger partial charge in [0.15, 0.2) is 0 Å². The zero-order valence-corrected chi connectivity index (χ0v) is 12.8. The minimum absolute atomic E-state index is 0.114. The fourth-order valence-corrected chi connectivity index (χ4v) is 2.27. The highest BCUT2D eigenvalue weighted by molar-refractivity contribution is 5.80. The molecule has 5 heteroatoms. The monoisotopic (exact) mass is 274 g/mol. The first-order valence-electron chi connectivity index (χ1n) is 6.87. The molecule has 0 saturated heterocycles. The molecule has 0 fully saturated rings. The fraction of sp³-hybridized carbons (Fsp3) is 0.533. The van der Waals surface area contributed by atoms with E-state index in [1.165, 1.54) is 4.68 Å². The summed E-state index contributed by atoms with van der Waals surface area (Å²) < 4.78 is 3.26. The lowest BCUT2D eigenvalue weighted by Gasteiger charge is -2.20. The zero-order chi connectivity index (χ0) is 15.1. The van der Waals surface area contributed by atoms with Crippen molar-refractivity contribution in [2.45, 2.75) is 52.6 Å². The number of fused-ring (bicyclic) bond motifs is 1. The average molecular weight is 274 g/mol. The van der Waals surface area contributed by atoms with Crippen LogP contribution in [0, 0.1) is 0 Å². The molecule has 2 rings (SSSR count). The lowest BCUT2D eigenvalue weighted by Crippen LogP contribution is -2.30. The summed E-state index contributed by atoms with van der Waals surface area (Å²) in [6.07, 6.45) is 3.44. The number of allylic oxidation sites excluding steroid dienone is 1. The highest BCUT2D eigenvalue weighted by Gasteiger charge is 2.23. The molecule has 108 valence electrons. The summed E-state index contributed by atoms with van der Waals surface area (Å²) in [5.74, 6) is 0.229. The molecule has 2 heterocycles. The van der Waals surface area contributed by atoms with Gasteiger partial charge in [0.2, 0.25) is 0 Å². The van der Waals surface area contributed by atoms with E-state index in [1.807, 2.05) is 20.8 Å². The van der Waals surface area contributed by atoms with E-state index < -0.39 is 0 Å². The smallest absolute Gasteiger partial charge is 0.265 e. The lowest BCUT2D eigenvalue weighted by atomic mass is 10.1. The van der Waals surface area contributed by atoms with Gasteiger partial charge in [0.1, 0.15) is 5.52 Å². The molecule has 0 aromatic carbocycles. The van der Waals surface area contributed by atoms with E-state index in [2.05, 4.69) is 30.6 Å². The van der Waals surface area contributed by atoms with Crippen LogP contribution in [0.25, 0.3) is 10.9 Å². The summed E-state index contributed by atoms with van der Waals surface area (Å²) in [6, 6.07) is 0. The summed E-state index contributed by atoms with van der Waals surface area (Å²) in [5.41, 5.74) is 1.16. The van der Waals surface area contributed by atoms with Crippen molar-refractivity contribution in [1.82, 2.24) is 19.6 Å². The summed E-state index contributed by atoms with van der Waals surface area (Å²) in [7, 11) is 0. The van der Waals surface area contributed by atoms with Crippen LogP contribution in [0.4, 0.5) is 0 Å². The standard InChI is InChI=1S/C15H22N4O/c1-7-8-18-14(20)13-11(12(17-18)10(2)3)9-16-19(13)15(4,5)6/h7,9-10H,1,8H2,2-6H3. The molecule has 2 aromatic rings. The maximum absolute atomic E-state index is 12.6. The SMILES string of the molecule is C=CCn1nc(C(C)C)c2cnn(C(C)(C)C)c2c1=O. The van der Waals surface area contributed by atoms with Crippen LogP contribution in [-0.4, -0.2) is 19.6 Å². The van der Waals surface area contributed by atoms with Crippen LogP contribution in [0.15, 0.2) is 23.6 Å².